The molecule has 0 saturated heterocycles. The first-order valence-electron chi connectivity index (χ1n) is 6.34. The highest BCUT2D eigenvalue weighted by atomic mass is 32.2. The number of para-hydroxylation sites is 2. The maximum Gasteiger partial charge on any atom is 0.169 e. The lowest BCUT2D eigenvalue weighted by Gasteiger charge is -2.03. The standard InChI is InChI=1S/C16H16N2S/c1-12-7-9-13(10-8-12)11-19-16-17-14-5-3-4-6-15(14)18(16)2/h3-10H,11H2,1-2H3. The lowest BCUT2D eigenvalue weighted by atomic mass is 10.2. The van der Waals surface area contributed by atoms with E-state index in [0.29, 0.717) is 0 Å². The SMILES string of the molecule is Cc1ccc(CSc2nc3ccccc3n2C)cc1. The third kappa shape index (κ3) is 2.51. The molecular weight excluding hydrogens is 252 g/mol. The third-order valence-corrected chi connectivity index (χ3v) is 4.34. The Kier molecular flexibility index (Phi) is 3.30. The number of hydrogen-bond donors (Lipinski definition) is 0. The molecule has 0 fully saturated rings. The summed E-state index contributed by atoms with van der Waals surface area (Å²) in [5.74, 6) is 0.956. The van der Waals surface area contributed by atoms with Crippen LogP contribution in [0.1, 0.15) is 11.1 Å². The molecule has 3 heteroatoms. The summed E-state index contributed by atoms with van der Waals surface area (Å²) < 4.78 is 2.16. The predicted molar refractivity (Wildman–Crippen MR) is 81.5 cm³/mol. The van der Waals surface area contributed by atoms with Crippen LogP contribution in [0.3, 0.4) is 0 Å². The topological polar surface area (TPSA) is 17.8 Å². The van der Waals surface area contributed by atoms with Crippen LogP contribution in [0.5, 0.6) is 0 Å². The van der Waals surface area contributed by atoms with Crippen LogP contribution in [-0.4, -0.2) is 9.55 Å². The first-order chi connectivity index (χ1) is 9.24. The molecule has 2 aromatic carbocycles. The van der Waals surface area contributed by atoms with Crippen molar-refractivity contribution in [3.63, 3.8) is 0 Å². The minimum atomic E-state index is 0.956. The van der Waals surface area contributed by atoms with Gasteiger partial charge in [-0.3, -0.25) is 0 Å². The molecule has 2 nitrogen and oxygen atoms in total. The Morgan fingerprint density at radius 1 is 1.05 bits per heavy atom. The van der Waals surface area contributed by atoms with Crippen molar-refractivity contribution in [1.29, 1.82) is 0 Å². The number of aryl methyl sites for hydroxylation is 2. The monoisotopic (exact) mass is 268 g/mol. The van der Waals surface area contributed by atoms with E-state index in [1.165, 1.54) is 16.6 Å². The molecule has 1 heterocycles. The Hall–Kier alpha value is -1.74. The van der Waals surface area contributed by atoms with Gasteiger partial charge in [0.05, 0.1) is 11.0 Å². The number of imidazole rings is 1. The van der Waals surface area contributed by atoms with Gasteiger partial charge in [-0.25, -0.2) is 4.98 Å². The summed E-state index contributed by atoms with van der Waals surface area (Å²) in [7, 11) is 2.08. The van der Waals surface area contributed by atoms with Crippen LogP contribution in [-0.2, 0) is 12.8 Å². The van der Waals surface area contributed by atoms with E-state index in [1.54, 1.807) is 11.8 Å². The van der Waals surface area contributed by atoms with Gasteiger partial charge in [-0.1, -0.05) is 53.7 Å². The third-order valence-electron chi connectivity index (χ3n) is 3.23. The summed E-state index contributed by atoms with van der Waals surface area (Å²) in [6.07, 6.45) is 0. The number of aromatic nitrogens is 2. The molecule has 1 aromatic heterocycles. The Labute approximate surface area is 117 Å². The molecular formula is C16H16N2S. The van der Waals surface area contributed by atoms with E-state index in [1.807, 2.05) is 6.07 Å². The highest BCUT2D eigenvalue weighted by molar-refractivity contribution is 7.98. The van der Waals surface area contributed by atoms with Crippen LogP contribution in [0.25, 0.3) is 11.0 Å². The Morgan fingerprint density at radius 3 is 2.53 bits per heavy atom. The highest BCUT2D eigenvalue weighted by Gasteiger charge is 2.07. The molecule has 0 aliphatic heterocycles. The van der Waals surface area contributed by atoms with E-state index in [4.69, 9.17) is 0 Å². The van der Waals surface area contributed by atoms with Crippen molar-refractivity contribution in [3.8, 4) is 0 Å². The highest BCUT2D eigenvalue weighted by Crippen LogP contribution is 2.25. The van der Waals surface area contributed by atoms with Gasteiger partial charge in [0, 0.05) is 12.8 Å². The van der Waals surface area contributed by atoms with E-state index in [-0.39, 0.29) is 0 Å². The summed E-state index contributed by atoms with van der Waals surface area (Å²) in [4.78, 5) is 4.67. The van der Waals surface area contributed by atoms with Crippen molar-refractivity contribution in [2.45, 2.75) is 17.8 Å². The molecule has 19 heavy (non-hydrogen) atoms. The molecule has 0 aliphatic carbocycles. The molecule has 0 amide bonds. The van der Waals surface area contributed by atoms with Gasteiger partial charge in [0.1, 0.15) is 0 Å². The van der Waals surface area contributed by atoms with Gasteiger partial charge < -0.3 is 4.57 Å². The van der Waals surface area contributed by atoms with Gasteiger partial charge in [0.25, 0.3) is 0 Å². The van der Waals surface area contributed by atoms with Crippen LogP contribution in [0.2, 0.25) is 0 Å². The minimum Gasteiger partial charge on any atom is -0.322 e. The molecule has 3 rings (SSSR count). The minimum absolute atomic E-state index is 0.956. The number of rotatable bonds is 3. The summed E-state index contributed by atoms with van der Waals surface area (Å²) in [5.41, 5.74) is 4.89. The zero-order valence-corrected chi connectivity index (χ0v) is 11.9. The average Bonchev–Trinajstić information content (AvgIpc) is 2.76. The van der Waals surface area contributed by atoms with Crippen LogP contribution < -0.4 is 0 Å². The molecule has 0 spiro atoms. The van der Waals surface area contributed by atoms with Crippen molar-refractivity contribution in [2.75, 3.05) is 0 Å². The second-order valence-corrected chi connectivity index (χ2v) is 5.66. The molecule has 0 aliphatic rings. The van der Waals surface area contributed by atoms with E-state index in [0.717, 1.165) is 16.4 Å². The van der Waals surface area contributed by atoms with Crippen LogP contribution in [0, 0.1) is 6.92 Å². The normalized spacial score (nSPS) is 11.1. The first kappa shape index (κ1) is 12.3. The van der Waals surface area contributed by atoms with Gasteiger partial charge in [-0.2, -0.15) is 0 Å². The molecule has 0 radical (unpaired) electrons. The lowest BCUT2D eigenvalue weighted by molar-refractivity contribution is 0.815. The van der Waals surface area contributed by atoms with Crippen LogP contribution >= 0.6 is 11.8 Å². The molecule has 3 aromatic rings. The van der Waals surface area contributed by atoms with Crippen LogP contribution in [0.4, 0.5) is 0 Å². The van der Waals surface area contributed by atoms with Crippen molar-refractivity contribution >= 4 is 22.8 Å². The van der Waals surface area contributed by atoms with Gasteiger partial charge >= 0.3 is 0 Å². The largest absolute Gasteiger partial charge is 0.322 e. The van der Waals surface area contributed by atoms with E-state index in [2.05, 4.69) is 66.0 Å². The number of hydrogen-bond acceptors (Lipinski definition) is 2. The van der Waals surface area contributed by atoms with Crippen molar-refractivity contribution in [1.82, 2.24) is 9.55 Å². The quantitative estimate of drug-likeness (QED) is 0.663. The summed E-state index contributed by atoms with van der Waals surface area (Å²) in [6.45, 7) is 2.11. The Bertz CT molecular complexity index is 698. The first-order valence-corrected chi connectivity index (χ1v) is 7.32. The van der Waals surface area contributed by atoms with Crippen molar-refractivity contribution in [2.24, 2.45) is 7.05 Å². The maximum atomic E-state index is 4.67. The fourth-order valence-electron chi connectivity index (χ4n) is 2.08. The summed E-state index contributed by atoms with van der Waals surface area (Å²) in [6, 6.07) is 16.9. The van der Waals surface area contributed by atoms with Gasteiger partial charge in [0.2, 0.25) is 0 Å². The van der Waals surface area contributed by atoms with Crippen LogP contribution in [0.15, 0.2) is 53.7 Å². The molecule has 0 unspecified atom stereocenters. The van der Waals surface area contributed by atoms with E-state index < -0.39 is 0 Å². The predicted octanol–water partition coefficient (Wildman–Crippen LogP) is 4.17. The fourth-order valence-corrected chi connectivity index (χ4v) is 3.03. The molecule has 0 atom stereocenters. The van der Waals surface area contributed by atoms with Crippen molar-refractivity contribution < 1.29 is 0 Å². The maximum absolute atomic E-state index is 4.67. The number of benzene rings is 2. The number of nitrogens with zero attached hydrogens (tertiary/aromatic N) is 2. The lowest BCUT2D eigenvalue weighted by Crippen LogP contribution is -1.91. The summed E-state index contributed by atoms with van der Waals surface area (Å²) in [5, 5.41) is 1.07. The smallest absolute Gasteiger partial charge is 0.169 e. The van der Waals surface area contributed by atoms with Gasteiger partial charge in [0.15, 0.2) is 5.16 Å². The Morgan fingerprint density at radius 2 is 1.79 bits per heavy atom. The molecule has 96 valence electrons. The van der Waals surface area contributed by atoms with E-state index in [9.17, 15) is 0 Å². The average molecular weight is 268 g/mol. The molecule has 0 saturated carbocycles. The molecule has 0 N–H and O–H groups in total. The van der Waals surface area contributed by atoms with Gasteiger partial charge in [-0.15, -0.1) is 0 Å². The fraction of sp³-hybridized carbons (Fsp3) is 0.188. The van der Waals surface area contributed by atoms with E-state index >= 15 is 0 Å². The zero-order valence-electron chi connectivity index (χ0n) is 11.1. The van der Waals surface area contributed by atoms with Crippen molar-refractivity contribution in [3.05, 3.63) is 59.7 Å². The second-order valence-electron chi connectivity index (χ2n) is 4.72. The van der Waals surface area contributed by atoms with Gasteiger partial charge in [-0.05, 0) is 24.6 Å². The Balaban J connectivity index is 1.82. The summed E-state index contributed by atoms with van der Waals surface area (Å²) >= 11 is 1.78. The zero-order chi connectivity index (χ0) is 13.2. The number of fused-ring (bicyclic) bond motifs is 1. The molecule has 0 bridgehead atoms. The second kappa shape index (κ2) is 5.10. The number of thioether (sulfide) groups is 1.